The molecule has 0 aliphatic carbocycles. The number of amides is 2. The zero-order valence-corrected chi connectivity index (χ0v) is 17.7. The molecule has 1 aromatic carbocycles. The molecule has 3 aromatic rings. The van der Waals surface area contributed by atoms with Gasteiger partial charge in [0.05, 0.1) is 24.1 Å². The van der Waals surface area contributed by atoms with Crippen LogP contribution < -0.4 is 15.1 Å². The maximum atomic E-state index is 12.6. The van der Waals surface area contributed by atoms with Crippen molar-refractivity contribution in [2.75, 3.05) is 37.0 Å². The molecule has 3 rings (SSSR count). The monoisotopic (exact) mass is 437 g/mol. The van der Waals surface area contributed by atoms with Gasteiger partial charge in [-0.3, -0.25) is 14.4 Å². The van der Waals surface area contributed by atoms with E-state index >= 15 is 0 Å². The van der Waals surface area contributed by atoms with Gasteiger partial charge in [-0.2, -0.15) is 0 Å². The largest absolute Gasteiger partial charge is 0.467 e. The summed E-state index contributed by atoms with van der Waals surface area (Å²) in [6, 6.07) is 11.8. The van der Waals surface area contributed by atoms with Gasteiger partial charge in [-0.1, -0.05) is 12.1 Å². The highest BCUT2D eigenvalue weighted by Gasteiger charge is 2.20. The smallest absolute Gasteiger partial charge is 0.326 e. The second-order valence-corrected chi connectivity index (χ2v) is 6.80. The Morgan fingerprint density at radius 1 is 1.03 bits per heavy atom. The number of hydrogen-bond donors (Lipinski definition) is 1. The first kappa shape index (κ1) is 22.5. The summed E-state index contributed by atoms with van der Waals surface area (Å²) in [5.41, 5.74) is 0.697. The standard InChI is InChI=1S/C22H23N5O5/c1-26(22-23-10-6-11-24-22)14-20(29)32-15-19(28)27(2)18-9-4-3-8-17(18)21(30)25-13-16-7-5-12-31-16/h3-12H,13-15H2,1-2H3,(H,25,30). The minimum atomic E-state index is -0.605. The van der Waals surface area contributed by atoms with Crippen LogP contribution >= 0.6 is 0 Å². The van der Waals surface area contributed by atoms with Crippen LogP contribution in [0.3, 0.4) is 0 Å². The maximum Gasteiger partial charge on any atom is 0.326 e. The van der Waals surface area contributed by atoms with Crippen molar-refractivity contribution < 1.29 is 23.5 Å². The van der Waals surface area contributed by atoms with Crippen LogP contribution in [0.1, 0.15) is 16.1 Å². The molecule has 10 nitrogen and oxygen atoms in total. The fraction of sp³-hybridized carbons (Fsp3) is 0.227. The summed E-state index contributed by atoms with van der Waals surface area (Å²) in [7, 11) is 3.15. The Morgan fingerprint density at radius 2 is 1.78 bits per heavy atom. The number of furan rings is 1. The number of carbonyl (C=O) groups excluding carboxylic acids is 3. The van der Waals surface area contributed by atoms with E-state index in [1.165, 1.54) is 23.1 Å². The predicted octanol–water partition coefficient (Wildman–Crippen LogP) is 1.64. The van der Waals surface area contributed by atoms with Crippen molar-refractivity contribution in [2.24, 2.45) is 0 Å². The Bertz CT molecular complexity index is 1060. The Kier molecular flexibility index (Phi) is 7.52. The molecule has 0 radical (unpaired) electrons. The number of ether oxygens (including phenoxy) is 1. The first-order valence-corrected chi connectivity index (χ1v) is 9.75. The van der Waals surface area contributed by atoms with Gasteiger partial charge in [-0.05, 0) is 30.3 Å². The molecule has 32 heavy (non-hydrogen) atoms. The average molecular weight is 437 g/mol. The van der Waals surface area contributed by atoms with Crippen molar-refractivity contribution >= 4 is 29.4 Å². The summed E-state index contributed by atoms with van der Waals surface area (Å²) < 4.78 is 10.3. The number of carbonyl (C=O) groups is 3. The summed E-state index contributed by atoms with van der Waals surface area (Å²) in [6.45, 7) is -0.373. The summed E-state index contributed by atoms with van der Waals surface area (Å²) in [5.74, 6) is -0.479. The molecular weight excluding hydrogens is 414 g/mol. The third-order valence-corrected chi connectivity index (χ3v) is 4.50. The van der Waals surface area contributed by atoms with Crippen molar-refractivity contribution in [3.63, 3.8) is 0 Å². The van der Waals surface area contributed by atoms with E-state index in [1.807, 2.05) is 0 Å². The van der Waals surface area contributed by atoms with E-state index in [9.17, 15) is 14.4 Å². The number of nitrogens with one attached hydrogen (secondary N) is 1. The number of hydrogen-bond acceptors (Lipinski definition) is 8. The maximum absolute atomic E-state index is 12.6. The van der Waals surface area contributed by atoms with Crippen molar-refractivity contribution in [1.29, 1.82) is 0 Å². The minimum Gasteiger partial charge on any atom is -0.467 e. The third kappa shape index (κ3) is 5.91. The third-order valence-electron chi connectivity index (χ3n) is 4.50. The topological polar surface area (TPSA) is 118 Å². The van der Waals surface area contributed by atoms with E-state index in [-0.39, 0.29) is 19.0 Å². The summed E-state index contributed by atoms with van der Waals surface area (Å²) in [4.78, 5) is 48.2. The van der Waals surface area contributed by atoms with E-state index in [4.69, 9.17) is 9.15 Å². The molecule has 166 valence electrons. The molecule has 2 heterocycles. The fourth-order valence-corrected chi connectivity index (χ4v) is 2.81. The van der Waals surface area contributed by atoms with E-state index in [1.54, 1.807) is 61.9 Å². The van der Waals surface area contributed by atoms with Crippen molar-refractivity contribution in [3.8, 4) is 0 Å². The Hall–Kier alpha value is -4.21. The molecule has 0 bridgehead atoms. The van der Waals surface area contributed by atoms with Gasteiger partial charge in [-0.25, -0.2) is 9.97 Å². The van der Waals surface area contributed by atoms with Crippen LogP contribution in [0.25, 0.3) is 0 Å². The zero-order chi connectivity index (χ0) is 22.9. The number of likely N-dealkylation sites (N-methyl/N-ethyl adjacent to an activating group) is 2. The number of para-hydroxylation sites is 1. The van der Waals surface area contributed by atoms with Gasteiger partial charge in [0.2, 0.25) is 5.95 Å². The lowest BCUT2D eigenvalue weighted by atomic mass is 10.1. The molecule has 0 spiro atoms. The lowest BCUT2D eigenvalue weighted by molar-refractivity contribution is -0.146. The van der Waals surface area contributed by atoms with Crippen molar-refractivity contribution in [3.05, 3.63) is 72.4 Å². The van der Waals surface area contributed by atoms with Gasteiger partial charge in [0, 0.05) is 26.5 Å². The van der Waals surface area contributed by atoms with Crippen LogP contribution in [0, 0.1) is 0 Å². The highest BCUT2D eigenvalue weighted by atomic mass is 16.5. The first-order valence-electron chi connectivity index (χ1n) is 9.75. The van der Waals surface area contributed by atoms with Crippen LogP contribution in [0.15, 0.2) is 65.5 Å². The molecule has 10 heteroatoms. The fourth-order valence-electron chi connectivity index (χ4n) is 2.81. The molecule has 0 fully saturated rings. The first-order chi connectivity index (χ1) is 15.5. The van der Waals surface area contributed by atoms with Crippen LogP contribution in [-0.4, -0.2) is 55.0 Å². The normalized spacial score (nSPS) is 10.3. The Balaban J connectivity index is 1.56. The summed E-state index contributed by atoms with van der Waals surface area (Å²) in [6.07, 6.45) is 4.64. The molecular formula is C22H23N5O5. The van der Waals surface area contributed by atoms with Gasteiger partial charge >= 0.3 is 5.97 Å². The number of anilines is 2. The van der Waals surface area contributed by atoms with E-state index < -0.39 is 18.5 Å². The second-order valence-electron chi connectivity index (χ2n) is 6.80. The number of benzene rings is 1. The minimum absolute atomic E-state index is 0.118. The van der Waals surface area contributed by atoms with Crippen LogP contribution in [0.4, 0.5) is 11.6 Å². The van der Waals surface area contributed by atoms with Crippen LogP contribution in [0.5, 0.6) is 0 Å². The second kappa shape index (κ2) is 10.7. The Morgan fingerprint density at radius 3 is 2.50 bits per heavy atom. The summed E-state index contributed by atoms with van der Waals surface area (Å²) >= 11 is 0. The Labute approximate surface area is 184 Å². The molecule has 0 unspecified atom stereocenters. The van der Waals surface area contributed by atoms with Crippen LogP contribution in [0.2, 0.25) is 0 Å². The van der Waals surface area contributed by atoms with Gasteiger partial charge in [0.25, 0.3) is 11.8 Å². The lowest BCUT2D eigenvalue weighted by Crippen LogP contribution is -2.35. The van der Waals surface area contributed by atoms with Crippen molar-refractivity contribution in [2.45, 2.75) is 6.54 Å². The molecule has 0 atom stereocenters. The van der Waals surface area contributed by atoms with E-state index in [0.717, 1.165) is 0 Å². The highest BCUT2D eigenvalue weighted by Crippen LogP contribution is 2.19. The van der Waals surface area contributed by atoms with Gasteiger partial charge < -0.3 is 24.3 Å². The molecule has 0 aliphatic heterocycles. The number of esters is 1. The van der Waals surface area contributed by atoms with E-state index in [0.29, 0.717) is 23.0 Å². The highest BCUT2D eigenvalue weighted by molar-refractivity contribution is 6.05. The molecule has 1 N–H and O–H groups in total. The molecule has 0 aliphatic rings. The SMILES string of the molecule is CN(CC(=O)OCC(=O)N(C)c1ccccc1C(=O)NCc1ccco1)c1ncccn1. The predicted molar refractivity (Wildman–Crippen MR) is 116 cm³/mol. The number of nitrogens with zero attached hydrogens (tertiary/aromatic N) is 4. The molecule has 2 amide bonds. The number of rotatable bonds is 9. The van der Waals surface area contributed by atoms with Gasteiger partial charge in [-0.15, -0.1) is 0 Å². The zero-order valence-electron chi connectivity index (χ0n) is 17.7. The van der Waals surface area contributed by atoms with Gasteiger partial charge in [0.15, 0.2) is 6.61 Å². The average Bonchev–Trinajstić information content (AvgIpc) is 3.34. The molecule has 2 aromatic heterocycles. The van der Waals surface area contributed by atoms with Crippen molar-refractivity contribution in [1.82, 2.24) is 15.3 Å². The van der Waals surface area contributed by atoms with E-state index in [2.05, 4.69) is 15.3 Å². The molecule has 0 saturated heterocycles. The van der Waals surface area contributed by atoms with Crippen LogP contribution in [-0.2, 0) is 20.9 Å². The van der Waals surface area contributed by atoms with Gasteiger partial charge in [0.1, 0.15) is 12.3 Å². The quantitative estimate of drug-likeness (QED) is 0.502. The lowest BCUT2D eigenvalue weighted by Gasteiger charge is -2.21. The summed E-state index contributed by atoms with van der Waals surface area (Å²) in [5, 5.41) is 2.75. The number of aromatic nitrogens is 2. The molecule has 0 saturated carbocycles.